The molecule has 28 heavy (non-hydrogen) atoms. The zero-order chi connectivity index (χ0) is 19.9. The van der Waals surface area contributed by atoms with E-state index in [0.717, 1.165) is 37.0 Å². The van der Waals surface area contributed by atoms with Crippen molar-refractivity contribution < 1.29 is 18.7 Å². The van der Waals surface area contributed by atoms with Crippen molar-refractivity contribution in [3.8, 4) is 5.75 Å². The summed E-state index contributed by atoms with van der Waals surface area (Å²) in [7, 11) is 1.62. The molecule has 3 rings (SSSR count). The fourth-order valence-corrected chi connectivity index (χ4v) is 3.58. The number of ether oxygens (including phenoxy) is 1. The summed E-state index contributed by atoms with van der Waals surface area (Å²) in [4.78, 5) is 26.9. The summed E-state index contributed by atoms with van der Waals surface area (Å²) in [5.41, 5.74) is 0.995. The van der Waals surface area contributed by atoms with Gasteiger partial charge in [-0.2, -0.15) is 0 Å². The highest BCUT2D eigenvalue weighted by Gasteiger charge is 2.27. The van der Waals surface area contributed by atoms with Crippen molar-refractivity contribution in [3.63, 3.8) is 0 Å². The highest BCUT2D eigenvalue weighted by Crippen LogP contribution is 2.31. The molecule has 1 atom stereocenters. The van der Waals surface area contributed by atoms with E-state index >= 15 is 0 Å². The largest absolute Gasteiger partial charge is 0.497 e. The lowest BCUT2D eigenvalue weighted by molar-refractivity contribution is -0.132. The van der Waals surface area contributed by atoms with Gasteiger partial charge in [0.25, 0.3) is 5.91 Å². The van der Waals surface area contributed by atoms with E-state index in [1.54, 1.807) is 13.2 Å². The standard InChI is InChI=1S/C22H25FN2O3/c1-28-17-12-10-16(11-13-17)20-9-3-2-6-14-25(20)21(26)15-24-22(27)18-7-4-5-8-19(18)23/h4-5,7-8,10-13,20H,2-3,6,9,14-15H2,1H3,(H,24,27)/t20-/m0/s1. The molecule has 5 nitrogen and oxygen atoms in total. The minimum absolute atomic E-state index is 0.0359. The van der Waals surface area contributed by atoms with Crippen LogP contribution in [0.25, 0.3) is 0 Å². The number of methoxy groups -OCH3 is 1. The van der Waals surface area contributed by atoms with Crippen molar-refractivity contribution in [2.75, 3.05) is 20.2 Å². The number of benzene rings is 2. The average molecular weight is 384 g/mol. The summed E-state index contributed by atoms with van der Waals surface area (Å²) in [6, 6.07) is 13.5. The number of nitrogens with zero attached hydrogens (tertiary/aromatic N) is 1. The molecule has 1 aliphatic heterocycles. The number of likely N-dealkylation sites (tertiary alicyclic amines) is 1. The third kappa shape index (κ3) is 4.68. The zero-order valence-electron chi connectivity index (χ0n) is 16.0. The predicted octanol–water partition coefficient (Wildman–Crippen LogP) is 3.71. The van der Waals surface area contributed by atoms with Gasteiger partial charge < -0.3 is 15.0 Å². The molecule has 0 unspecified atom stereocenters. The smallest absolute Gasteiger partial charge is 0.254 e. The van der Waals surface area contributed by atoms with E-state index in [1.807, 2.05) is 29.2 Å². The van der Waals surface area contributed by atoms with Crippen molar-refractivity contribution in [2.45, 2.75) is 31.7 Å². The molecular formula is C22H25FN2O3. The lowest BCUT2D eigenvalue weighted by Gasteiger charge is -2.30. The molecular weight excluding hydrogens is 359 g/mol. The third-order valence-corrected chi connectivity index (χ3v) is 5.09. The van der Waals surface area contributed by atoms with Gasteiger partial charge in [0.1, 0.15) is 11.6 Å². The second-order valence-corrected chi connectivity index (χ2v) is 6.89. The van der Waals surface area contributed by atoms with Crippen molar-refractivity contribution in [3.05, 3.63) is 65.5 Å². The van der Waals surface area contributed by atoms with Gasteiger partial charge in [-0.05, 0) is 42.7 Å². The summed E-state index contributed by atoms with van der Waals surface area (Å²) < 4.78 is 19.0. The van der Waals surface area contributed by atoms with Gasteiger partial charge in [-0.3, -0.25) is 9.59 Å². The molecule has 1 N–H and O–H groups in total. The van der Waals surface area contributed by atoms with Gasteiger partial charge in [0.2, 0.25) is 5.91 Å². The van der Waals surface area contributed by atoms with E-state index in [0.29, 0.717) is 6.54 Å². The van der Waals surface area contributed by atoms with Crippen LogP contribution in [0.5, 0.6) is 5.75 Å². The van der Waals surface area contributed by atoms with Crippen molar-refractivity contribution >= 4 is 11.8 Å². The molecule has 0 aromatic heterocycles. The van der Waals surface area contributed by atoms with E-state index in [1.165, 1.54) is 18.2 Å². The first-order valence-corrected chi connectivity index (χ1v) is 9.56. The summed E-state index contributed by atoms with van der Waals surface area (Å²) in [6.07, 6.45) is 3.92. The van der Waals surface area contributed by atoms with E-state index in [4.69, 9.17) is 4.74 Å². The van der Waals surface area contributed by atoms with Gasteiger partial charge in [0.15, 0.2) is 0 Å². The topological polar surface area (TPSA) is 58.6 Å². The molecule has 0 saturated carbocycles. The van der Waals surface area contributed by atoms with Gasteiger partial charge >= 0.3 is 0 Å². The first-order chi connectivity index (χ1) is 13.6. The van der Waals surface area contributed by atoms with Crippen LogP contribution in [0.4, 0.5) is 4.39 Å². The Bertz CT molecular complexity index is 823. The highest BCUT2D eigenvalue weighted by atomic mass is 19.1. The van der Waals surface area contributed by atoms with E-state index in [-0.39, 0.29) is 24.1 Å². The molecule has 1 fully saturated rings. The van der Waals surface area contributed by atoms with Crippen molar-refractivity contribution in [1.29, 1.82) is 0 Å². The second-order valence-electron chi connectivity index (χ2n) is 6.89. The Morgan fingerprint density at radius 1 is 1.11 bits per heavy atom. The van der Waals surface area contributed by atoms with E-state index in [9.17, 15) is 14.0 Å². The molecule has 1 aliphatic rings. The van der Waals surface area contributed by atoms with Crippen LogP contribution in [0.2, 0.25) is 0 Å². The van der Waals surface area contributed by atoms with Gasteiger partial charge in [0, 0.05) is 6.54 Å². The first kappa shape index (κ1) is 19.9. The predicted molar refractivity (Wildman–Crippen MR) is 105 cm³/mol. The number of hydrogen-bond acceptors (Lipinski definition) is 3. The zero-order valence-corrected chi connectivity index (χ0v) is 16.0. The third-order valence-electron chi connectivity index (χ3n) is 5.09. The second kappa shape index (κ2) is 9.35. The van der Waals surface area contributed by atoms with E-state index < -0.39 is 11.7 Å². The number of rotatable bonds is 5. The van der Waals surface area contributed by atoms with Crippen LogP contribution in [0.15, 0.2) is 48.5 Å². The molecule has 2 amide bonds. The Morgan fingerprint density at radius 2 is 1.86 bits per heavy atom. The number of nitrogens with one attached hydrogen (secondary N) is 1. The van der Waals surface area contributed by atoms with Crippen LogP contribution < -0.4 is 10.1 Å². The summed E-state index contributed by atoms with van der Waals surface area (Å²) in [5.74, 6) is -0.569. The van der Waals surface area contributed by atoms with Gasteiger partial charge in [-0.1, -0.05) is 37.1 Å². The molecule has 0 spiro atoms. The fourth-order valence-electron chi connectivity index (χ4n) is 3.58. The Labute approximate surface area is 164 Å². The average Bonchev–Trinajstić information content (AvgIpc) is 2.98. The summed E-state index contributed by atoms with van der Waals surface area (Å²) >= 11 is 0. The Hall–Kier alpha value is -2.89. The molecule has 2 aromatic rings. The molecule has 148 valence electrons. The van der Waals surface area contributed by atoms with Gasteiger partial charge in [0.05, 0.1) is 25.3 Å². The van der Waals surface area contributed by atoms with Crippen LogP contribution in [-0.4, -0.2) is 36.9 Å². The van der Waals surface area contributed by atoms with Crippen LogP contribution in [-0.2, 0) is 4.79 Å². The van der Waals surface area contributed by atoms with Crippen LogP contribution in [0.1, 0.15) is 47.6 Å². The Morgan fingerprint density at radius 3 is 2.57 bits per heavy atom. The lowest BCUT2D eigenvalue weighted by atomic mass is 10.0. The number of hydrogen-bond donors (Lipinski definition) is 1. The molecule has 0 radical (unpaired) electrons. The number of carbonyl (C=O) groups is 2. The fraction of sp³-hybridized carbons (Fsp3) is 0.364. The van der Waals surface area contributed by atoms with Crippen LogP contribution >= 0.6 is 0 Å². The number of amides is 2. The minimum atomic E-state index is -0.599. The number of halogens is 1. The molecule has 2 aromatic carbocycles. The van der Waals surface area contributed by atoms with Gasteiger partial charge in [-0.15, -0.1) is 0 Å². The molecule has 0 aliphatic carbocycles. The molecule has 1 saturated heterocycles. The highest BCUT2D eigenvalue weighted by molar-refractivity contribution is 5.96. The van der Waals surface area contributed by atoms with Gasteiger partial charge in [-0.25, -0.2) is 4.39 Å². The normalized spacial score (nSPS) is 16.9. The summed E-state index contributed by atoms with van der Waals surface area (Å²) in [6.45, 7) is 0.491. The van der Waals surface area contributed by atoms with Crippen molar-refractivity contribution in [2.24, 2.45) is 0 Å². The van der Waals surface area contributed by atoms with Crippen LogP contribution in [0, 0.1) is 5.82 Å². The molecule has 1 heterocycles. The quantitative estimate of drug-likeness (QED) is 0.855. The Kier molecular flexibility index (Phi) is 6.63. The monoisotopic (exact) mass is 384 g/mol. The first-order valence-electron chi connectivity index (χ1n) is 9.56. The maximum absolute atomic E-state index is 13.8. The minimum Gasteiger partial charge on any atom is -0.497 e. The summed E-state index contributed by atoms with van der Waals surface area (Å²) in [5, 5.41) is 2.56. The maximum Gasteiger partial charge on any atom is 0.254 e. The van der Waals surface area contributed by atoms with Crippen LogP contribution in [0.3, 0.4) is 0 Å². The molecule has 0 bridgehead atoms. The SMILES string of the molecule is COc1ccc([C@@H]2CCCCCN2C(=O)CNC(=O)c2ccccc2F)cc1. The van der Waals surface area contributed by atoms with E-state index in [2.05, 4.69) is 5.32 Å². The lowest BCUT2D eigenvalue weighted by Crippen LogP contribution is -2.42. The molecule has 6 heteroatoms. The number of carbonyl (C=O) groups excluding carboxylic acids is 2. The van der Waals surface area contributed by atoms with Crippen molar-refractivity contribution in [1.82, 2.24) is 10.2 Å². The Balaban J connectivity index is 1.69. The maximum atomic E-state index is 13.8.